The van der Waals surface area contributed by atoms with E-state index in [4.69, 9.17) is 18.0 Å². The van der Waals surface area contributed by atoms with Gasteiger partial charge in [-0.15, -0.1) is 6.42 Å². The molecule has 2 heterocycles. The molecule has 0 radical (unpaired) electrons. The fraction of sp³-hybridized carbons (Fsp3) is 0.364. The van der Waals surface area contributed by atoms with Gasteiger partial charge in [-0.05, 0) is 30.0 Å². The lowest BCUT2D eigenvalue weighted by atomic mass is 9.98. The number of rotatable bonds is 5. The van der Waals surface area contributed by atoms with Crippen molar-refractivity contribution in [1.29, 1.82) is 0 Å². The SMILES string of the molecule is C#Cc1nc(NCc2cccc(Cl)c2)c2ncn([C@@H]3[C@H]4C[C@@]4(C(=O)NC)C(O)[C@@H]3O)c2n1. The maximum absolute atomic E-state index is 12.4. The van der Waals surface area contributed by atoms with E-state index in [1.165, 1.54) is 7.05 Å². The summed E-state index contributed by atoms with van der Waals surface area (Å²) in [5.41, 5.74) is 0.863. The first-order chi connectivity index (χ1) is 15.4. The number of aromatic nitrogens is 4. The molecule has 2 fully saturated rings. The third kappa shape index (κ3) is 2.95. The molecule has 2 aliphatic rings. The number of nitrogens with zero attached hydrogens (tertiary/aromatic N) is 4. The van der Waals surface area contributed by atoms with Crippen LogP contribution in [0.15, 0.2) is 30.6 Å². The molecule has 0 aliphatic heterocycles. The van der Waals surface area contributed by atoms with Crippen LogP contribution < -0.4 is 10.6 Å². The number of benzene rings is 1. The van der Waals surface area contributed by atoms with Crippen LogP contribution in [0.5, 0.6) is 0 Å². The van der Waals surface area contributed by atoms with Crippen LogP contribution in [0.2, 0.25) is 5.02 Å². The van der Waals surface area contributed by atoms with Gasteiger partial charge in [0.15, 0.2) is 17.0 Å². The standard InChI is InChI=1S/C22H21ClN6O3/c1-3-14-27-19(25-9-11-5-4-6-12(23)7-11)15-20(28-14)29(10-26-15)16-13-8-22(13,21(32)24-2)18(31)17(16)30/h1,4-7,10,13,16-18,30-31H,8-9H2,2H3,(H,24,32)(H,25,27,28)/t13-,16-,17-,18?,22+/m1/s1. The van der Waals surface area contributed by atoms with Crippen LogP contribution in [0.4, 0.5) is 5.82 Å². The fourth-order valence-electron chi connectivity index (χ4n) is 4.94. The third-order valence-electron chi connectivity index (χ3n) is 6.54. The molecule has 0 bridgehead atoms. The summed E-state index contributed by atoms with van der Waals surface area (Å²) in [5, 5.41) is 27.9. The van der Waals surface area contributed by atoms with Crippen molar-refractivity contribution in [2.45, 2.75) is 31.2 Å². The minimum atomic E-state index is -1.18. The van der Waals surface area contributed by atoms with E-state index in [0.29, 0.717) is 35.0 Å². The highest BCUT2D eigenvalue weighted by molar-refractivity contribution is 6.30. The number of halogens is 1. The first kappa shape index (κ1) is 20.7. The second-order valence-electron chi connectivity index (χ2n) is 8.20. The molecule has 1 amide bonds. The van der Waals surface area contributed by atoms with Crippen LogP contribution >= 0.6 is 11.6 Å². The normalized spacial score (nSPS) is 28.2. The van der Waals surface area contributed by atoms with E-state index in [1.54, 1.807) is 17.0 Å². The van der Waals surface area contributed by atoms with E-state index < -0.39 is 23.7 Å². The molecule has 164 valence electrons. The molecule has 5 rings (SSSR count). The zero-order valence-corrected chi connectivity index (χ0v) is 17.9. The van der Waals surface area contributed by atoms with Gasteiger partial charge in [-0.25, -0.2) is 15.0 Å². The molecule has 32 heavy (non-hydrogen) atoms. The summed E-state index contributed by atoms with van der Waals surface area (Å²) in [7, 11) is 1.52. The number of aliphatic hydroxyl groups excluding tert-OH is 2. The number of fused-ring (bicyclic) bond motifs is 2. The minimum Gasteiger partial charge on any atom is -0.389 e. The second-order valence-corrected chi connectivity index (χ2v) is 8.64. The van der Waals surface area contributed by atoms with Gasteiger partial charge in [0.1, 0.15) is 6.10 Å². The Hall–Kier alpha value is -3.19. The van der Waals surface area contributed by atoms with Gasteiger partial charge in [-0.2, -0.15) is 0 Å². The summed E-state index contributed by atoms with van der Waals surface area (Å²) in [6.07, 6.45) is 5.28. The molecule has 3 aromatic rings. The summed E-state index contributed by atoms with van der Waals surface area (Å²) in [6, 6.07) is 6.87. The number of hydrogen-bond acceptors (Lipinski definition) is 7. The van der Waals surface area contributed by atoms with Gasteiger partial charge >= 0.3 is 0 Å². The van der Waals surface area contributed by atoms with E-state index in [-0.39, 0.29) is 17.6 Å². The highest BCUT2D eigenvalue weighted by Crippen LogP contribution is 2.67. The number of hydrogen-bond donors (Lipinski definition) is 4. The van der Waals surface area contributed by atoms with Crippen LogP contribution in [-0.2, 0) is 11.3 Å². The minimum absolute atomic E-state index is 0.161. The molecule has 9 nitrogen and oxygen atoms in total. The molecule has 0 spiro atoms. The Labute approximate surface area is 188 Å². The zero-order valence-electron chi connectivity index (χ0n) is 17.2. The van der Waals surface area contributed by atoms with Crippen molar-refractivity contribution >= 4 is 34.5 Å². The van der Waals surface area contributed by atoms with Crippen molar-refractivity contribution in [2.75, 3.05) is 12.4 Å². The van der Waals surface area contributed by atoms with Gasteiger partial charge in [-0.1, -0.05) is 23.7 Å². The largest absolute Gasteiger partial charge is 0.389 e. The van der Waals surface area contributed by atoms with Crippen molar-refractivity contribution in [1.82, 2.24) is 24.8 Å². The molecular weight excluding hydrogens is 432 g/mol. The van der Waals surface area contributed by atoms with Crippen LogP contribution in [0.3, 0.4) is 0 Å². The van der Waals surface area contributed by atoms with Crippen molar-refractivity contribution in [3.8, 4) is 12.3 Å². The Morgan fingerprint density at radius 1 is 1.41 bits per heavy atom. The maximum Gasteiger partial charge on any atom is 0.229 e. The highest BCUT2D eigenvalue weighted by atomic mass is 35.5. The van der Waals surface area contributed by atoms with Crippen molar-refractivity contribution < 1.29 is 15.0 Å². The summed E-state index contributed by atoms with van der Waals surface area (Å²) >= 11 is 6.06. The quantitative estimate of drug-likeness (QED) is 0.427. The zero-order chi connectivity index (χ0) is 22.6. The number of aliphatic hydroxyl groups is 2. The lowest BCUT2D eigenvalue weighted by Gasteiger charge is -2.23. The van der Waals surface area contributed by atoms with Gasteiger partial charge in [0.25, 0.3) is 0 Å². The first-order valence-corrected chi connectivity index (χ1v) is 10.6. The topological polar surface area (TPSA) is 125 Å². The number of carbonyl (C=O) groups is 1. The second kappa shape index (κ2) is 7.45. The van der Waals surface area contributed by atoms with Crippen LogP contribution in [-0.4, -0.2) is 54.9 Å². The van der Waals surface area contributed by atoms with E-state index in [2.05, 4.69) is 31.5 Å². The summed E-state index contributed by atoms with van der Waals surface area (Å²) in [6.45, 7) is 0.441. The molecule has 5 atom stereocenters. The van der Waals surface area contributed by atoms with Crippen LogP contribution in [0.1, 0.15) is 23.9 Å². The van der Waals surface area contributed by atoms with Crippen LogP contribution in [0.25, 0.3) is 11.2 Å². The number of amides is 1. The van der Waals surface area contributed by atoms with Gasteiger partial charge in [0.05, 0.1) is 23.9 Å². The average Bonchev–Trinajstić information content (AvgIpc) is 3.33. The molecule has 1 unspecified atom stereocenters. The number of nitrogens with one attached hydrogen (secondary N) is 2. The van der Waals surface area contributed by atoms with Crippen LogP contribution in [0, 0.1) is 23.7 Å². The van der Waals surface area contributed by atoms with E-state index >= 15 is 0 Å². The molecule has 10 heteroatoms. The first-order valence-electron chi connectivity index (χ1n) is 10.2. The lowest BCUT2D eigenvalue weighted by molar-refractivity contribution is -0.132. The predicted octanol–water partition coefficient (Wildman–Crippen LogP) is 1.10. The molecule has 4 N–H and O–H groups in total. The monoisotopic (exact) mass is 452 g/mol. The Kier molecular flexibility index (Phi) is 4.82. The summed E-state index contributed by atoms with van der Waals surface area (Å²) < 4.78 is 1.69. The number of carbonyl (C=O) groups excluding carboxylic acids is 1. The summed E-state index contributed by atoms with van der Waals surface area (Å²) in [4.78, 5) is 25.7. The van der Waals surface area contributed by atoms with Gasteiger partial charge in [0, 0.05) is 24.5 Å². The number of imidazole rings is 1. The lowest BCUT2D eigenvalue weighted by Crippen LogP contribution is -2.41. The Balaban J connectivity index is 1.52. The fourth-order valence-corrected chi connectivity index (χ4v) is 5.15. The third-order valence-corrected chi connectivity index (χ3v) is 6.78. The van der Waals surface area contributed by atoms with Crippen molar-refractivity contribution in [2.24, 2.45) is 11.3 Å². The Morgan fingerprint density at radius 2 is 2.22 bits per heavy atom. The van der Waals surface area contributed by atoms with E-state index in [9.17, 15) is 15.0 Å². The van der Waals surface area contributed by atoms with Gasteiger partial charge < -0.3 is 25.4 Å². The van der Waals surface area contributed by atoms with E-state index in [1.807, 2.05) is 18.2 Å². The predicted molar refractivity (Wildman–Crippen MR) is 118 cm³/mol. The average molecular weight is 453 g/mol. The molecule has 1 aromatic carbocycles. The molecular formula is C22H21ClN6O3. The maximum atomic E-state index is 12.4. The van der Waals surface area contributed by atoms with E-state index in [0.717, 1.165) is 5.56 Å². The molecule has 0 saturated heterocycles. The molecule has 2 aromatic heterocycles. The molecule has 2 aliphatic carbocycles. The Bertz CT molecular complexity index is 1270. The van der Waals surface area contributed by atoms with Gasteiger partial charge in [0.2, 0.25) is 11.7 Å². The van der Waals surface area contributed by atoms with Gasteiger partial charge in [-0.3, -0.25) is 4.79 Å². The highest BCUT2D eigenvalue weighted by Gasteiger charge is 2.75. The van der Waals surface area contributed by atoms with Crippen molar-refractivity contribution in [3.63, 3.8) is 0 Å². The molecule has 2 saturated carbocycles. The van der Waals surface area contributed by atoms with Crippen molar-refractivity contribution in [3.05, 3.63) is 47.0 Å². The number of anilines is 1. The number of terminal acetylenes is 1. The smallest absolute Gasteiger partial charge is 0.229 e. The summed E-state index contributed by atoms with van der Waals surface area (Å²) in [5.74, 6) is 2.55. The Morgan fingerprint density at radius 3 is 2.94 bits per heavy atom.